The average molecular weight is 343 g/mol. The van der Waals surface area contributed by atoms with Gasteiger partial charge >= 0.3 is 0 Å². The Morgan fingerprint density at radius 2 is 1.91 bits per heavy atom. The first-order valence-electron chi connectivity index (χ1n) is 7.45. The van der Waals surface area contributed by atoms with E-state index >= 15 is 0 Å². The molecule has 0 aliphatic carbocycles. The third kappa shape index (κ3) is 7.45. The smallest absolute Gasteiger partial charge is 0.278 e. The summed E-state index contributed by atoms with van der Waals surface area (Å²) in [5.41, 5.74) is 1.06. The predicted octanol–water partition coefficient (Wildman–Crippen LogP) is 0.666. The summed E-state index contributed by atoms with van der Waals surface area (Å²) in [5, 5.41) is 2.66. The van der Waals surface area contributed by atoms with Crippen LogP contribution < -0.4 is 14.8 Å². The fraction of sp³-hybridized carbons (Fsp3) is 0.533. The molecule has 2 N–H and O–H groups in total. The van der Waals surface area contributed by atoms with Crippen molar-refractivity contribution in [1.82, 2.24) is 14.3 Å². The van der Waals surface area contributed by atoms with E-state index in [1.165, 1.54) is 14.1 Å². The van der Waals surface area contributed by atoms with Gasteiger partial charge in [-0.15, -0.1) is 0 Å². The minimum Gasteiger partial charge on any atom is -0.493 e. The highest BCUT2D eigenvalue weighted by Gasteiger charge is 2.11. The Morgan fingerprint density at radius 1 is 1.22 bits per heavy atom. The van der Waals surface area contributed by atoms with Gasteiger partial charge < -0.3 is 10.1 Å². The maximum atomic E-state index is 11.6. The van der Waals surface area contributed by atoms with Gasteiger partial charge in [0.05, 0.1) is 6.61 Å². The quantitative estimate of drug-likeness (QED) is 0.611. The predicted molar refractivity (Wildman–Crippen MR) is 89.5 cm³/mol. The molecule has 0 aliphatic rings. The van der Waals surface area contributed by atoms with Crippen LogP contribution in [0.2, 0.25) is 0 Å². The number of aryl methyl sites for hydroxylation is 1. The Kier molecular flexibility index (Phi) is 8.01. The highest BCUT2D eigenvalue weighted by Crippen LogP contribution is 2.16. The van der Waals surface area contributed by atoms with E-state index < -0.39 is 10.2 Å². The summed E-state index contributed by atoms with van der Waals surface area (Å²) in [6, 6.07) is 7.72. The van der Waals surface area contributed by atoms with Crippen LogP contribution in [0.25, 0.3) is 0 Å². The van der Waals surface area contributed by atoms with Gasteiger partial charge in [0.1, 0.15) is 5.75 Å². The molecule has 1 rings (SSSR count). The number of amides is 1. The molecule has 0 heterocycles. The van der Waals surface area contributed by atoms with Crippen molar-refractivity contribution in [2.24, 2.45) is 0 Å². The molecule has 0 aromatic heterocycles. The van der Waals surface area contributed by atoms with E-state index in [0.29, 0.717) is 19.4 Å². The van der Waals surface area contributed by atoms with Crippen molar-refractivity contribution in [3.63, 3.8) is 0 Å². The number of para-hydroxylation sites is 1. The van der Waals surface area contributed by atoms with Gasteiger partial charge in [0.25, 0.3) is 10.2 Å². The fourth-order valence-corrected chi connectivity index (χ4v) is 2.35. The lowest BCUT2D eigenvalue weighted by Crippen LogP contribution is -2.40. The molecule has 0 saturated carbocycles. The van der Waals surface area contributed by atoms with Crippen LogP contribution in [0.15, 0.2) is 24.3 Å². The van der Waals surface area contributed by atoms with Crippen molar-refractivity contribution in [1.29, 1.82) is 0 Å². The lowest BCUT2D eigenvalue weighted by Gasteiger charge is -2.12. The number of benzene rings is 1. The number of carbonyl (C=O) groups excluding carboxylic acids is 1. The zero-order valence-corrected chi connectivity index (χ0v) is 14.6. The van der Waals surface area contributed by atoms with E-state index in [-0.39, 0.29) is 19.0 Å². The number of ether oxygens (including phenoxy) is 1. The van der Waals surface area contributed by atoms with Gasteiger partial charge in [-0.3, -0.25) is 4.79 Å². The number of hydrogen-bond donors (Lipinski definition) is 2. The minimum absolute atomic E-state index is 0.123. The molecular formula is C15H25N3O4S. The first-order chi connectivity index (χ1) is 10.8. The lowest BCUT2D eigenvalue weighted by atomic mass is 10.2. The first-order valence-corrected chi connectivity index (χ1v) is 8.89. The number of hydrogen-bond acceptors (Lipinski definition) is 4. The Balaban J connectivity index is 2.12. The maximum absolute atomic E-state index is 11.6. The Labute approximate surface area is 138 Å². The first kappa shape index (κ1) is 19.4. The van der Waals surface area contributed by atoms with Crippen molar-refractivity contribution in [2.45, 2.75) is 19.8 Å². The van der Waals surface area contributed by atoms with E-state index in [1.54, 1.807) is 0 Å². The van der Waals surface area contributed by atoms with Gasteiger partial charge in [0.15, 0.2) is 0 Å². The van der Waals surface area contributed by atoms with Crippen molar-refractivity contribution >= 4 is 16.1 Å². The van der Waals surface area contributed by atoms with E-state index in [0.717, 1.165) is 15.6 Å². The number of nitrogens with zero attached hydrogens (tertiary/aromatic N) is 1. The molecule has 23 heavy (non-hydrogen) atoms. The summed E-state index contributed by atoms with van der Waals surface area (Å²) in [6.07, 6.45) is 0.940. The van der Waals surface area contributed by atoms with E-state index in [1.807, 2.05) is 31.2 Å². The van der Waals surface area contributed by atoms with Crippen LogP contribution in [0.5, 0.6) is 5.75 Å². The molecule has 1 aromatic rings. The van der Waals surface area contributed by atoms with Gasteiger partial charge in [-0.25, -0.2) is 4.72 Å². The van der Waals surface area contributed by atoms with Gasteiger partial charge in [-0.2, -0.15) is 12.7 Å². The second-order valence-corrected chi connectivity index (χ2v) is 7.22. The topological polar surface area (TPSA) is 87.7 Å². The van der Waals surface area contributed by atoms with Crippen LogP contribution in [0.1, 0.15) is 18.4 Å². The van der Waals surface area contributed by atoms with Crippen molar-refractivity contribution in [2.75, 3.05) is 33.8 Å². The van der Waals surface area contributed by atoms with Gasteiger partial charge in [-0.1, -0.05) is 18.2 Å². The normalized spacial score (nSPS) is 11.5. The minimum atomic E-state index is -3.44. The van der Waals surface area contributed by atoms with Crippen LogP contribution in [0.3, 0.4) is 0 Å². The number of carbonyl (C=O) groups is 1. The van der Waals surface area contributed by atoms with Gasteiger partial charge in [0.2, 0.25) is 5.91 Å². The summed E-state index contributed by atoms with van der Waals surface area (Å²) < 4.78 is 31.9. The van der Waals surface area contributed by atoms with Gasteiger partial charge in [0, 0.05) is 33.6 Å². The zero-order chi connectivity index (χ0) is 17.3. The molecule has 0 bridgehead atoms. The molecule has 0 spiro atoms. The molecule has 0 fully saturated rings. The van der Waals surface area contributed by atoms with Crippen LogP contribution in [-0.2, 0) is 15.0 Å². The molecule has 7 nitrogen and oxygen atoms in total. The third-order valence-corrected chi connectivity index (χ3v) is 4.64. The summed E-state index contributed by atoms with van der Waals surface area (Å²) in [5.74, 6) is 0.702. The molecule has 0 aliphatic heterocycles. The van der Waals surface area contributed by atoms with E-state index in [4.69, 9.17) is 4.74 Å². The fourth-order valence-electron chi connectivity index (χ4n) is 1.73. The van der Waals surface area contributed by atoms with E-state index in [2.05, 4.69) is 10.0 Å². The van der Waals surface area contributed by atoms with Gasteiger partial charge in [-0.05, 0) is 25.0 Å². The molecule has 0 radical (unpaired) electrons. The Hall–Kier alpha value is -1.64. The molecule has 1 amide bonds. The molecule has 0 saturated heterocycles. The highest BCUT2D eigenvalue weighted by atomic mass is 32.2. The second-order valence-electron chi connectivity index (χ2n) is 5.25. The van der Waals surface area contributed by atoms with Crippen molar-refractivity contribution in [3.8, 4) is 5.75 Å². The molecule has 130 valence electrons. The summed E-state index contributed by atoms with van der Waals surface area (Å²) in [6.45, 7) is 2.85. The molecule has 0 unspecified atom stereocenters. The highest BCUT2D eigenvalue weighted by molar-refractivity contribution is 7.87. The summed E-state index contributed by atoms with van der Waals surface area (Å²) in [7, 11) is -0.560. The SMILES string of the molecule is Cc1ccccc1OCCCC(=O)NCCNS(=O)(=O)N(C)C. The number of rotatable bonds is 10. The Morgan fingerprint density at radius 3 is 2.57 bits per heavy atom. The van der Waals surface area contributed by atoms with Crippen molar-refractivity contribution in [3.05, 3.63) is 29.8 Å². The standard InChI is InChI=1S/C15H25N3O4S/c1-13-7-4-5-8-14(13)22-12-6-9-15(19)16-10-11-17-23(20,21)18(2)3/h4-5,7-8,17H,6,9-12H2,1-3H3,(H,16,19). The largest absolute Gasteiger partial charge is 0.493 e. The zero-order valence-electron chi connectivity index (χ0n) is 13.8. The average Bonchev–Trinajstić information content (AvgIpc) is 2.49. The summed E-state index contributed by atoms with van der Waals surface area (Å²) in [4.78, 5) is 11.6. The van der Waals surface area contributed by atoms with Crippen LogP contribution in [-0.4, -0.2) is 52.4 Å². The maximum Gasteiger partial charge on any atom is 0.278 e. The van der Waals surface area contributed by atoms with E-state index in [9.17, 15) is 13.2 Å². The molecule has 8 heteroatoms. The Bertz CT molecular complexity index is 602. The second kappa shape index (κ2) is 9.49. The van der Waals surface area contributed by atoms with Crippen LogP contribution in [0, 0.1) is 6.92 Å². The third-order valence-electron chi connectivity index (χ3n) is 3.11. The van der Waals surface area contributed by atoms with Crippen LogP contribution in [0.4, 0.5) is 0 Å². The monoisotopic (exact) mass is 343 g/mol. The molecular weight excluding hydrogens is 318 g/mol. The van der Waals surface area contributed by atoms with Crippen LogP contribution >= 0.6 is 0 Å². The lowest BCUT2D eigenvalue weighted by molar-refractivity contribution is -0.121. The molecule has 0 atom stereocenters. The number of nitrogens with one attached hydrogen (secondary N) is 2. The van der Waals surface area contributed by atoms with Crippen molar-refractivity contribution < 1.29 is 17.9 Å². The summed E-state index contributed by atoms with van der Waals surface area (Å²) >= 11 is 0. The molecule has 1 aromatic carbocycles.